The van der Waals surface area contributed by atoms with Crippen molar-refractivity contribution < 1.29 is 14.4 Å². The molecule has 2 fully saturated rings. The molecule has 2 aliphatic heterocycles. The molecule has 0 aromatic heterocycles. The van der Waals surface area contributed by atoms with E-state index in [9.17, 15) is 14.4 Å². The van der Waals surface area contributed by atoms with Crippen molar-refractivity contribution in [1.82, 2.24) is 9.80 Å². The van der Waals surface area contributed by atoms with Crippen LogP contribution in [0.5, 0.6) is 0 Å². The summed E-state index contributed by atoms with van der Waals surface area (Å²) in [6, 6.07) is 18.5. The Kier molecular flexibility index (Phi) is 5.69. The first-order valence-corrected chi connectivity index (χ1v) is 11.1. The quantitative estimate of drug-likeness (QED) is 0.736. The maximum atomic E-state index is 13.7. The van der Waals surface area contributed by atoms with Gasteiger partial charge in [-0.2, -0.15) is 0 Å². The van der Waals surface area contributed by atoms with E-state index in [-0.39, 0.29) is 17.6 Å². The lowest BCUT2D eigenvalue weighted by atomic mass is 9.61. The van der Waals surface area contributed by atoms with E-state index in [1.54, 1.807) is 0 Å². The highest BCUT2D eigenvalue weighted by Crippen LogP contribution is 2.46. The molecule has 2 aromatic rings. The van der Waals surface area contributed by atoms with E-state index in [2.05, 4.69) is 6.92 Å². The number of piperidine rings is 2. The molecule has 0 unspecified atom stereocenters. The van der Waals surface area contributed by atoms with Crippen LogP contribution >= 0.6 is 0 Å². The first-order chi connectivity index (χ1) is 14.9. The zero-order valence-corrected chi connectivity index (χ0v) is 18.3. The third-order valence-corrected chi connectivity index (χ3v) is 6.72. The number of hydrogen-bond acceptors (Lipinski definition) is 3. The van der Waals surface area contributed by atoms with Crippen molar-refractivity contribution in [3.05, 3.63) is 71.8 Å². The van der Waals surface area contributed by atoms with Crippen molar-refractivity contribution in [2.24, 2.45) is 10.8 Å². The highest BCUT2D eigenvalue weighted by Gasteiger charge is 2.59. The van der Waals surface area contributed by atoms with Crippen molar-refractivity contribution in [1.29, 1.82) is 0 Å². The second-order valence-corrected chi connectivity index (χ2v) is 9.33. The Morgan fingerprint density at radius 3 is 1.68 bits per heavy atom. The van der Waals surface area contributed by atoms with Gasteiger partial charge in [0.1, 0.15) is 0 Å². The number of unbranched alkanes of at least 4 members (excludes halogenated alkanes) is 1. The average Bonchev–Trinajstić information content (AvgIpc) is 2.79. The normalized spacial score (nSPS) is 25.4. The van der Waals surface area contributed by atoms with Gasteiger partial charge < -0.3 is 9.80 Å². The number of amides is 2. The third kappa shape index (κ3) is 3.89. The number of carbonyl (C=O) groups is 3. The molecule has 2 amide bonds. The van der Waals surface area contributed by atoms with Gasteiger partial charge in [-0.25, -0.2) is 0 Å². The second kappa shape index (κ2) is 8.29. The van der Waals surface area contributed by atoms with Crippen molar-refractivity contribution in [2.75, 3.05) is 26.2 Å². The summed E-state index contributed by atoms with van der Waals surface area (Å²) in [4.78, 5) is 43.9. The lowest BCUT2D eigenvalue weighted by molar-refractivity contribution is -0.155. The molecule has 0 saturated carbocycles. The summed E-state index contributed by atoms with van der Waals surface area (Å²) in [5.74, 6) is 0.133. The SMILES string of the molecule is CCCCC12CN(C(=O)c3ccccc3)CC(C)(CN(C(=O)c3ccccc3)C1)C2=O. The lowest BCUT2D eigenvalue weighted by Crippen LogP contribution is -2.70. The fourth-order valence-electron chi connectivity index (χ4n) is 5.31. The first-order valence-electron chi connectivity index (χ1n) is 11.1. The smallest absolute Gasteiger partial charge is 0.253 e. The van der Waals surface area contributed by atoms with Crippen LogP contribution in [0.15, 0.2) is 60.7 Å². The fraction of sp³-hybridized carbons (Fsp3) is 0.423. The zero-order chi connectivity index (χ0) is 22.1. The van der Waals surface area contributed by atoms with E-state index < -0.39 is 10.8 Å². The summed E-state index contributed by atoms with van der Waals surface area (Å²) in [6.07, 6.45) is 2.54. The lowest BCUT2D eigenvalue weighted by Gasteiger charge is -2.56. The molecular weight excluding hydrogens is 388 g/mol. The molecule has 31 heavy (non-hydrogen) atoms. The summed E-state index contributed by atoms with van der Waals surface area (Å²) >= 11 is 0. The van der Waals surface area contributed by atoms with Crippen molar-refractivity contribution in [2.45, 2.75) is 33.1 Å². The Bertz CT molecular complexity index is 907. The Hall–Kier alpha value is -2.95. The number of nitrogens with zero attached hydrogens (tertiary/aromatic N) is 2. The number of ketones is 1. The number of carbonyl (C=O) groups excluding carboxylic acids is 3. The van der Waals surface area contributed by atoms with Gasteiger partial charge in [-0.15, -0.1) is 0 Å². The van der Waals surface area contributed by atoms with E-state index in [0.29, 0.717) is 43.7 Å². The highest BCUT2D eigenvalue weighted by molar-refractivity contribution is 6.01. The van der Waals surface area contributed by atoms with Crippen LogP contribution in [0, 0.1) is 10.8 Å². The Morgan fingerprint density at radius 2 is 1.26 bits per heavy atom. The Balaban J connectivity index is 1.67. The molecule has 0 atom stereocenters. The topological polar surface area (TPSA) is 57.7 Å². The average molecular weight is 419 g/mol. The molecule has 0 aliphatic carbocycles. The first kappa shape index (κ1) is 21.3. The number of benzene rings is 2. The van der Waals surface area contributed by atoms with Gasteiger partial charge in [0.15, 0.2) is 5.78 Å². The van der Waals surface area contributed by atoms with Crippen LogP contribution in [0.3, 0.4) is 0 Å². The largest absolute Gasteiger partial charge is 0.337 e. The third-order valence-electron chi connectivity index (χ3n) is 6.72. The highest BCUT2D eigenvalue weighted by atomic mass is 16.2. The molecule has 4 rings (SSSR count). The minimum Gasteiger partial charge on any atom is -0.337 e. The summed E-state index contributed by atoms with van der Waals surface area (Å²) in [6.45, 7) is 5.44. The molecule has 0 spiro atoms. The van der Waals surface area contributed by atoms with Gasteiger partial charge in [0, 0.05) is 37.3 Å². The monoisotopic (exact) mass is 418 g/mol. The molecule has 162 valence electrons. The van der Waals surface area contributed by atoms with Crippen molar-refractivity contribution in [3.8, 4) is 0 Å². The van der Waals surface area contributed by atoms with Crippen LogP contribution in [0.1, 0.15) is 53.8 Å². The van der Waals surface area contributed by atoms with Crippen molar-refractivity contribution in [3.63, 3.8) is 0 Å². The van der Waals surface area contributed by atoms with Gasteiger partial charge in [-0.05, 0) is 37.6 Å². The summed E-state index contributed by atoms with van der Waals surface area (Å²) < 4.78 is 0. The van der Waals surface area contributed by atoms with Crippen LogP contribution in [0.2, 0.25) is 0 Å². The minimum atomic E-state index is -0.765. The van der Waals surface area contributed by atoms with Gasteiger partial charge in [0.05, 0.1) is 10.8 Å². The number of rotatable bonds is 5. The van der Waals surface area contributed by atoms with E-state index in [0.717, 1.165) is 12.8 Å². The summed E-state index contributed by atoms with van der Waals surface area (Å²) in [5, 5.41) is 0. The van der Waals surface area contributed by atoms with Gasteiger partial charge in [0.25, 0.3) is 11.8 Å². The molecule has 2 bridgehead atoms. The maximum Gasteiger partial charge on any atom is 0.253 e. The van der Waals surface area contributed by atoms with Crippen LogP contribution in [-0.2, 0) is 4.79 Å². The van der Waals surface area contributed by atoms with Crippen LogP contribution < -0.4 is 0 Å². The van der Waals surface area contributed by atoms with Crippen LogP contribution in [0.25, 0.3) is 0 Å². The van der Waals surface area contributed by atoms with Gasteiger partial charge in [-0.1, -0.05) is 56.2 Å². The van der Waals surface area contributed by atoms with E-state index >= 15 is 0 Å². The molecule has 0 N–H and O–H groups in total. The van der Waals surface area contributed by atoms with Gasteiger partial charge >= 0.3 is 0 Å². The van der Waals surface area contributed by atoms with Crippen LogP contribution in [0.4, 0.5) is 0 Å². The second-order valence-electron chi connectivity index (χ2n) is 9.33. The molecule has 2 aromatic carbocycles. The molecule has 5 nitrogen and oxygen atoms in total. The summed E-state index contributed by atoms with van der Waals surface area (Å²) in [7, 11) is 0. The minimum absolute atomic E-state index is 0.0389. The number of Topliss-reactive ketones (excluding diaryl/α,β-unsaturated/α-hetero) is 1. The Morgan fingerprint density at radius 1 is 0.806 bits per heavy atom. The molecule has 5 heteroatoms. The molecule has 2 heterocycles. The van der Waals surface area contributed by atoms with Gasteiger partial charge in [-0.3, -0.25) is 14.4 Å². The number of hydrogen-bond donors (Lipinski definition) is 0. The van der Waals surface area contributed by atoms with Crippen LogP contribution in [-0.4, -0.2) is 53.6 Å². The van der Waals surface area contributed by atoms with Gasteiger partial charge in [0.2, 0.25) is 0 Å². The maximum absolute atomic E-state index is 13.7. The fourth-order valence-corrected chi connectivity index (χ4v) is 5.31. The summed E-state index contributed by atoms with van der Waals surface area (Å²) in [5.41, 5.74) is -0.197. The van der Waals surface area contributed by atoms with E-state index in [1.807, 2.05) is 77.4 Å². The predicted octanol–water partition coefficient (Wildman–Crippen LogP) is 4.05. The number of fused-ring (bicyclic) bond motifs is 2. The predicted molar refractivity (Wildman–Crippen MR) is 120 cm³/mol. The molecule has 2 saturated heterocycles. The van der Waals surface area contributed by atoms with Crippen molar-refractivity contribution >= 4 is 17.6 Å². The molecule has 0 radical (unpaired) electrons. The number of likely N-dealkylation sites (tertiary alicyclic amines) is 2. The van der Waals surface area contributed by atoms with E-state index in [4.69, 9.17) is 0 Å². The Labute approximate surface area is 184 Å². The zero-order valence-electron chi connectivity index (χ0n) is 18.3. The molecule has 2 aliphatic rings. The van der Waals surface area contributed by atoms with E-state index in [1.165, 1.54) is 0 Å². The molecular formula is C26H30N2O3. The standard InChI is InChI=1S/C26H30N2O3/c1-3-4-15-26-18-27(22(29)20-11-7-5-8-12-20)16-25(2,24(26)31)17-28(19-26)23(30)21-13-9-6-10-14-21/h5-14H,3-4,15-19H2,1-2H3.